The van der Waals surface area contributed by atoms with Crippen molar-refractivity contribution in [1.82, 2.24) is 5.32 Å². The molecule has 0 aromatic heterocycles. The number of carboxylic acids is 1. The Morgan fingerprint density at radius 3 is 2.56 bits per heavy atom. The van der Waals surface area contributed by atoms with Crippen molar-refractivity contribution >= 4 is 11.9 Å². The Bertz CT molecular complexity index is 789. The molecule has 0 saturated carbocycles. The Labute approximate surface area is 145 Å². The van der Waals surface area contributed by atoms with Gasteiger partial charge in [-0.15, -0.1) is 0 Å². The molecule has 1 aliphatic heterocycles. The van der Waals surface area contributed by atoms with Crippen molar-refractivity contribution in [1.29, 1.82) is 0 Å². The van der Waals surface area contributed by atoms with Gasteiger partial charge in [-0.05, 0) is 30.2 Å². The molecule has 3 rings (SSSR count). The molecule has 2 N–H and O–H groups in total. The van der Waals surface area contributed by atoms with E-state index in [-0.39, 0.29) is 13.0 Å². The molecule has 1 heterocycles. The van der Waals surface area contributed by atoms with Gasteiger partial charge in [0.25, 0.3) is 5.91 Å². The highest BCUT2D eigenvalue weighted by Crippen LogP contribution is 2.31. The lowest BCUT2D eigenvalue weighted by atomic mass is 9.98. The molecule has 2 unspecified atom stereocenters. The molecular formula is C19H19NO5. The van der Waals surface area contributed by atoms with Gasteiger partial charge in [-0.2, -0.15) is 0 Å². The second kappa shape index (κ2) is 7.25. The molecule has 1 amide bonds. The Balaban J connectivity index is 1.75. The van der Waals surface area contributed by atoms with E-state index in [4.69, 9.17) is 9.47 Å². The number of fused-ring (bicyclic) bond motifs is 1. The van der Waals surface area contributed by atoms with Crippen LogP contribution in [0, 0.1) is 6.92 Å². The number of carbonyl (C=O) groups excluding carboxylic acids is 1. The van der Waals surface area contributed by atoms with Crippen LogP contribution in [0.1, 0.15) is 23.6 Å². The number of carbonyl (C=O) groups is 2. The van der Waals surface area contributed by atoms with E-state index in [2.05, 4.69) is 5.32 Å². The van der Waals surface area contributed by atoms with Gasteiger partial charge in [-0.3, -0.25) is 9.59 Å². The number of para-hydroxylation sites is 2. The normalized spacial score (nSPS) is 16.8. The van der Waals surface area contributed by atoms with Crippen molar-refractivity contribution in [3.05, 3.63) is 59.7 Å². The maximum absolute atomic E-state index is 12.6. The molecule has 0 fully saturated rings. The number of benzene rings is 2. The number of rotatable bonds is 5. The maximum Gasteiger partial charge on any atom is 0.305 e. The molecule has 6 nitrogen and oxygen atoms in total. The van der Waals surface area contributed by atoms with Gasteiger partial charge in [0, 0.05) is 0 Å². The third-order valence-electron chi connectivity index (χ3n) is 4.06. The van der Waals surface area contributed by atoms with E-state index in [9.17, 15) is 14.7 Å². The molecule has 130 valence electrons. The summed E-state index contributed by atoms with van der Waals surface area (Å²) >= 11 is 0. The second-order valence-electron chi connectivity index (χ2n) is 5.88. The van der Waals surface area contributed by atoms with E-state index >= 15 is 0 Å². The van der Waals surface area contributed by atoms with E-state index in [1.807, 2.05) is 37.3 Å². The van der Waals surface area contributed by atoms with Crippen LogP contribution in [0.15, 0.2) is 48.5 Å². The molecule has 0 aliphatic carbocycles. The fraction of sp³-hybridized carbons (Fsp3) is 0.263. The molecule has 2 aromatic rings. The molecule has 0 radical (unpaired) electrons. The van der Waals surface area contributed by atoms with Crippen molar-refractivity contribution in [2.24, 2.45) is 0 Å². The minimum absolute atomic E-state index is 0.0798. The van der Waals surface area contributed by atoms with Crippen LogP contribution in [-0.4, -0.2) is 29.7 Å². The van der Waals surface area contributed by atoms with E-state index in [1.165, 1.54) is 0 Å². The highest BCUT2D eigenvalue weighted by Gasteiger charge is 2.30. The van der Waals surface area contributed by atoms with Crippen LogP contribution < -0.4 is 14.8 Å². The quantitative estimate of drug-likeness (QED) is 0.873. The summed E-state index contributed by atoms with van der Waals surface area (Å²) in [6, 6.07) is 13.9. The fourth-order valence-electron chi connectivity index (χ4n) is 2.80. The van der Waals surface area contributed by atoms with E-state index in [0.717, 1.165) is 11.1 Å². The Kier molecular flexibility index (Phi) is 4.88. The summed E-state index contributed by atoms with van der Waals surface area (Å²) in [6.07, 6.45) is -1.03. The largest absolute Gasteiger partial charge is 0.485 e. The number of hydrogen-bond acceptors (Lipinski definition) is 4. The maximum atomic E-state index is 12.6. The number of nitrogens with one attached hydrogen (secondary N) is 1. The van der Waals surface area contributed by atoms with Gasteiger partial charge in [0.1, 0.15) is 6.61 Å². The van der Waals surface area contributed by atoms with Gasteiger partial charge in [0.05, 0.1) is 12.5 Å². The SMILES string of the molecule is Cc1ccccc1C(CC(=O)O)NC(=O)C1COc2ccccc2O1. The van der Waals surface area contributed by atoms with E-state index < -0.39 is 24.0 Å². The van der Waals surface area contributed by atoms with Crippen molar-refractivity contribution in [2.45, 2.75) is 25.5 Å². The number of hydrogen-bond donors (Lipinski definition) is 2. The molecule has 0 saturated heterocycles. The molecule has 1 aliphatic rings. The van der Waals surface area contributed by atoms with Crippen LogP contribution in [0.4, 0.5) is 0 Å². The minimum Gasteiger partial charge on any atom is -0.485 e. The van der Waals surface area contributed by atoms with Crippen molar-refractivity contribution < 1.29 is 24.2 Å². The molecule has 0 bridgehead atoms. The van der Waals surface area contributed by atoms with Crippen molar-refractivity contribution in [2.75, 3.05) is 6.61 Å². The van der Waals surface area contributed by atoms with Crippen LogP contribution in [0.25, 0.3) is 0 Å². The molecule has 2 atom stereocenters. The number of carboxylic acid groups (broad SMARTS) is 1. The predicted octanol–water partition coefficient (Wildman–Crippen LogP) is 2.47. The predicted molar refractivity (Wildman–Crippen MR) is 90.7 cm³/mol. The third-order valence-corrected chi connectivity index (χ3v) is 4.06. The highest BCUT2D eigenvalue weighted by atomic mass is 16.6. The first kappa shape index (κ1) is 16.8. The Morgan fingerprint density at radius 1 is 1.16 bits per heavy atom. The Morgan fingerprint density at radius 2 is 1.84 bits per heavy atom. The van der Waals surface area contributed by atoms with E-state index in [0.29, 0.717) is 11.5 Å². The molecule has 2 aromatic carbocycles. The summed E-state index contributed by atoms with van der Waals surface area (Å²) < 4.78 is 11.2. The molecular weight excluding hydrogens is 322 g/mol. The summed E-state index contributed by atoms with van der Waals surface area (Å²) in [4.78, 5) is 23.8. The van der Waals surface area contributed by atoms with Crippen LogP contribution in [0.2, 0.25) is 0 Å². The van der Waals surface area contributed by atoms with Gasteiger partial charge in [0.2, 0.25) is 6.10 Å². The summed E-state index contributed by atoms with van der Waals surface area (Å²) in [6.45, 7) is 1.96. The minimum atomic E-state index is -0.986. The second-order valence-corrected chi connectivity index (χ2v) is 5.88. The molecule has 6 heteroatoms. The van der Waals surface area contributed by atoms with E-state index in [1.54, 1.807) is 18.2 Å². The van der Waals surface area contributed by atoms with Gasteiger partial charge in [0.15, 0.2) is 11.5 Å². The molecule has 0 spiro atoms. The summed E-state index contributed by atoms with van der Waals surface area (Å²) in [5.41, 5.74) is 1.69. The lowest BCUT2D eigenvalue weighted by Gasteiger charge is -2.27. The van der Waals surface area contributed by atoms with Crippen LogP contribution in [0.5, 0.6) is 11.5 Å². The summed E-state index contributed by atoms with van der Waals surface area (Å²) in [5.74, 6) is -0.296. The highest BCUT2D eigenvalue weighted by molar-refractivity contribution is 5.83. The smallest absolute Gasteiger partial charge is 0.305 e. The van der Waals surface area contributed by atoms with Crippen molar-refractivity contribution in [3.63, 3.8) is 0 Å². The number of aliphatic carboxylic acids is 1. The number of amides is 1. The van der Waals surface area contributed by atoms with Gasteiger partial charge >= 0.3 is 5.97 Å². The van der Waals surface area contributed by atoms with Crippen LogP contribution >= 0.6 is 0 Å². The van der Waals surface area contributed by atoms with Crippen LogP contribution in [-0.2, 0) is 9.59 Å². The first-order valence-corrected chi connectivity index (χ1v) is 8.01. The van der Waals surface area contributed by atoms with Gasteiger partial charge < -0.3 is 19.9 Å². The summed E-state index contributed by atoms with van der Waals surface area (Å²) in [7, 11) is 0. The van der Waals surface area contributed by atoms with Gasteiger partial charge in [-0.1, -0.05) is 36.4 Å². The topological polar surface area (TPSA) is 84.9 Å². The monoisotopic (exact) mass is 341 g/mol. The number of ether oxygens (including phenoxy) is 2. The first-order chi connectivity index (χ1) is 12.0. The van der Waals surface area contributed by atoms with Crippen LogP contribution in [0.3, 0.4) is 0 Å². The average Bonchev–Trinajstić information content (AvgIpc) is 2.60. The standard InChI is InChI=1S/C19H19NO5/c1-12-6-2-3-7-13(12)14(10-18(21)22)20-19(23)17-11-24-15-8-4-5-9-16(15)25-17/h2-9,14,17H,10-11H2,1H3,(H,20,23)(H,21,22). The zero-order valence-electron chi connectivity index (χ0n) is 13.8. The fourth-order valence-corrected chi connectivity index (χ4v) is 2.80. The first-order valence-electron chi connectivity index (χ1n) is 8.01. The Hall–Kier alpha value is -3.02. The lowest BCUT2D eigenvalue weighted by molar-refractivity contribution is -0.138. The zero-order chi connectivity index (χ0) is 17.8. The van der Waals surface area contributed by atoms with Crippen molar-refractivity contribution in [3.8, 4) is 11.5 Å². The lowest BCUT2D eigenvalue weighted by Crippen LogP contribution is -2.45. The van der Waals surface area contributed by atoms with Gasteiger partial charge in [-0.25, -0.2) is 0 Å². The summed E-state index contributed by atoms with van der Waals surface area (Å²) in [5, 5.41) is 12.0. The third kappa shape index (κ3) is 3.91. The molecule has 25 heavy (non-hydrogen) atoms. The number of aryl methyl sites for hydroxylation is 1. The average molecular weight is 341 g/mol. The zero-order valence-corrected chi connectivity index (χ0v) is 13.8.